The van der Waals surface area contributed by atoms with E-state index in [1.165, 1.54) is 4.90 Å². The van der Waals surface area contributed by atoms with Crippen LogP contribution in [0.1, 0.15) is 53.6 Å². The van der Waals surface area contributed by atoms with Gasteiger partial charge in [0.05, 0.1) is 11.6 Å². The molecule has 41 heavy (non-hydrogen) atoms. The number of likely N-dealkylation sites (tertiary alicyclic amines) is 1. The number of hydrogen-bond acceptors (Lipinski definition) is 6. The zero-order chi connectivity index (χ0) is 29.1. The lowest BCUT2D eigenvalue weighted by atomic mass is 9.91. The molecule has 7 nitrogen and oxygen atoms in total. The minimum atomic E-state index is -4.58. The Hall–Kier alpha value is -3.60. The third-order valence-electron chi connectivity index (χ3n) is 7.85. The Morgan fingerprint density at radius 2 is 1.85 bits per heavy atom. The third-order valence-corrected chi connectivity index (χ3v) is 8.72. The predicted octanol–water partition coefficient (Wildman–Crippen LogP) is 6.56. The number of nitrogens with zero attached hydrogens (tertiary/aromatic N) is 3. The first-order valence-corrected chi connectivity index (χ1v) is 14.6. The van der Waals surface area contributed by atoms with Gasteiger partial charge < -0.3 is 19.6 Å². The number of aliphatic carboxylic acids is 1. The number of carboxylic acid groups (broad SMARTS) is 1. The van der Waals surface area contributed by atoms with Gasteiger partial charge in [0.2, 0.25) is 0 Å². The van der Waals surface area contributed by atoms with Crippen LogP contribution in [0.25, 0.3) is 11.3 Å². The fourth-order valence-corrected chi connectivity index (χ4v) is 6.38. The standard InChI is InChI=1S/C30H32F3N3O4S/c1-19-15-20(27(37)35-12-5-2-6-13-35)9-10-22(19)17-40-25-8-4-3-7-23(25)24-18-41-29(34-24)36-14-11-21(28(38)39)16-26(36)30(31,32)33/h3-4,7-10,15,18,21,26H,2,5-6,11-14,16-17H2,1H3,(H,38,39). The molecule has 11 heteroatoms. The molecule has 1 amide bonds. The van der Waals surface area contributed by atoms with Gasteiger partial charge in [0.25, 0.3) is 5.91 Å². The van der Waals surface area contributed by atoms with Gasteiger partial charge in [-0.1, -0.05) is 18.2 Å². The van der Waals surface area contributed by atoms with Gasteiger partial charge in [-0.05, 0) is 74.4 Å². The number of halogens is 3. The number of carboxylic acids is 1. The molecule has 5 rings (SSSR count). The highest BCUT2D eigenvalue weighted by Gasteiger charge is 2.49. The van der Waals surface area contributed by atoms with E-state index in [-0.39, 0.29) is 30.6 Å². The van der Waals surface area contributed by atoms with E-state index >= 15 is 0 Å². The summed E-state index contributed by atoms with van der Waals surface area (Å²) in [4.78, 5) is 31.8. The molecular formula is C30H32F3N3O4S. The number of carbonyl (C=O) groups is 2. The number of amides is 1. The average molecular weight is 588 g/mol. The quantitative estimate of drug-likeness (QED) is 0.337. The summed E-state index contributed by atoms with van der Waals surface area (Å²) in [7, 11) is 0. The van der Waals surface area contributed by atoms with Crippen molar-refractivity contribution in [2.24, 2.45) is 5.92 Å². The van der Waals surface area contributed by atoms with Crippen molar-refractivity contribution in [3.63, 3.8) is 0 Å². The van der Waals surface area contributed by atoms with E-state index in [4.69, 9.17) is 4.74 Å². The molecule has 2 aromatic carbocycles. The number of aromatic nitrogens is 1. The molecule has 2 unspecified atom stereocenters. The monoisotopic (exact) mass is 587 g/mol. The van der Waals surface area contributed by atoms with Crippen molar-refractivity contribution in [2.45, 2.75) is 57.9 Å². The molecule has 218 valence electrons. The van der Waals surface area contributed by atoms with E-state index in [9.17, 15) is 27.9 Å². The highest BCUT2D eigenvalue weighted by Crippen LogP contribution is 2.40. The van der Waals surface area contributed by atoms with Crippen LogP contribution in [0.5, 0.6) is 5.75 Å². The molecule has 1 aromatic heterocycles. The van der Waals surface area contributed by atoms with E-state index in [0.717, 1.165) is 54.8 Å². The second-order valence-electron chi connectivity index (χ2n) is 10.6. The first-order valence-electron chi connectivity index (χ1n) is 13.7. The number of hydrogen-bond donors (Lipinski definition) is 1. The number of benzene rings is 2. The number of rotatable bonds is 7. The average Bonchev–Trinajstić information content (AvgIpc) is 3.46. The van der Waals surface area contributed by atoms with E-state index in [0.29, 0.717) is 22.6 Å². The molecule has 2 atom stereocenters. The van der Waals surface area contributed by atoms with Gasteiger partial charge in [-0.2, -0.15) is 13.2 Å². The van der Waals surface area contributed by atoms with E-state index in [2.05, 4.69) is 4.98 Å². The van der Waals surface area contributed by atoms with Crippen LogP contribution in [-0.2, 0) is 11.4 Å². The first-order chi connectivity index (χ1) is 19.6. The first kappa shape index (κ1) is 28.9. The maximum absolute atomic E-state index is 13.9. The van der Waals surface area contributed by atoms with Crippen LogP contribution in [0, 0.1) is 12.8 Å². The summed E-state index contributed by atoms with van der Waals surface area (Å²) in [5.74, 6) is -1.66. The molecule has 2 aliphatic rings. The van der Waals surface area contributed by atoms with Crippen LogP contribution in [0.15, 0.2) is 47.8 Å². The minimum Gasteiger partial charge on any atom is -0.488 e. The van der Waals surface area contributed by atoms with Crippen LogP contribution in [0.3, 0.4) is 0 Å². The van der Waals surface area contributed by atoms with Crippen molar-refractivity contribution in [2.75, 3.05) is 24.5 Å². The van der Waals surface area contributed by atoms with Crippen LogP contribution < -0.4 is 9.64 Å². The van der Waals surface area contributed by atoms with Gasteiger partial charge in [0.15, 0.2) is 5.13 Å². The molecular weight excluding hydrogens is 555 g/mol. The van der Waals surface area contributed by atoms with Crippen molar-refractivity contribution >= 4 is 28.3 Å². The number of anilines is 1. The summed E-state index contributed by atoms with van der Waals surface area (Å²) in [6.07, 6.45) is -1.74. The summed E-state index contributed by atoms with van der Waals surface area (Å²) in [6.45, 7) is 3.72. The highest BCUT2D eigenvalue weighted by atomic mass is 32.1. The van der Waals surface area contributed by atoms with E-state index in [1.54, 1.807) is 17.5 Å². The Bertz CT molecular complexity index is 1400. The summed E-state index contributed by atoms with van der Waals surface area (Å²) < 4.78 is 47.8. The van der Waals surface area contributed by atoms with Crippen LogP contribution >= 0.6 is 11.3 Å². The number of alkyl halides is 3. The van der Waals surface area contributed by atoms with Crippen LogP contribution in [-0.4, -0.2) is 58.7 Å². The van der Waals surface area contributed by atoms with Crippen molar-refractivity contribution in [1.82, 2.24) is 9.88 Å². The molecule has 3 aromatic rings. The molecule has 2 fully saturated rings. The summed E-state index contributed by atoms with van der Waals surface area (Å²) in [6, 6.07) is 10.9. The smallest absolute Gasteiger partial charge is 0.408 e. The van der Waals surface area contributed by atoms with E-state index < -0.39 is 30.5 Å². The summed E-state index contributed by atoms with van der Waals surface area (Å²) >= 11 is 1.10. The Morgan fingerprint density at radius 3 is 2.56 bits per heavy atom. The zero-order valence-corrected chi connectivity index (χ0v) is 23.5. The summed E-state index contributed by atoms with van der Waals surface area (Å²) in [5.41, 5.74) is 3.65. The molecule has 3 heterocycles. The van der Waals surface area contributed by atoms with Crippen molar-refractivity contribution in [3.8, 4) is 17.0 Å². The fraction of sp³-hybridized carbons (Fsp3) is 0.433. The third kappa shape index (κ3) is 6.50. The number of ether oxygens (including phenoxy) is 1. The lowest BCUT2D eigenvalue weighted by Crippen LogP contribution is -2.52. The maximum atomic E-state index is 13.9. The maximum Gasteiger partial charge on any atom is 0.408 e. The van der Waals surface area contributed by atoms with Crippen molar-refractivity contribution in [3.05, 3.63) is 64.5 Å². The van der Waals surface area contributed by atoms with Crippen molar-refractivity contribution in [1.29, 1.82) is 0 Å². The Kier molecular flexibility index (Phi) is 8.53. The number of thiazole rings is 1. The SMILES string of the molecule is Cc1cc(C(=O)N2CCCCC2)ccc1COc1ccccc1-c1csc(N2CCC(C(=O)O)CC2C(F)(F)F)n1. The Labute approximate surface area is 240 Å². The molecule has 2 saturated heterocycles. The topological polar surface area (TPSA) is 83.0 Å². The normalized spacial score (nSPS) is 19.7. The second-order valence-corrected chi connectivity index (χ2v) is 11.4. The number of carbonyl (C=O) groups excluding carboxylic acids is 1. The highest BCUT2D eigenvalue weighted by molar-refractivity contribution is 7.14. The molecule has 2 aliphatic heterocycles. The van der Waals surface area contributed by atoms with Gasteiger partial charge >= 0.3 is 12.1 Å². The summed E-state index contributed by atoms with van der Waals surface area (Å²) in [5, 5.41) is 11.2. The lowest BCUT2D eigenvalue weighted by molar-refractivity contribution is -0.161. The Morgan fingerprint density at radius 1 is 1.10 bits per heavy atom. The fourth-order valence-electron chi connectivity index (χ4n) is 5.48. The molecule has 0 radical (unpaired) electrons. The predicted molar refractivity (Wildman–Crippen MR) is 150 cm³/mol. The van der Waals surface area contributed by atoms with Gasteiger partial charge in [-0.3, -0.25) is 9.59 Å². The minimum absolute atomic E-state index is 0.0399. The van der Waals surface area contributed by atoms with E-state index in [1.807, 2.05) is 42.2 Å². The number of para-hydroxylation sites is 1. The molecule has 0 spiro atoms. The second kappa shape index (κ2) is 12.1. The number of piperidine rings is 2. The van der Waals surface area contributed by atoms with Gasteiger partial charge in [-0.25, -0.2) is 4.98 Å². The zero-order valence-electron chi connectivity index (χ0n) is 22.7. The lowest BCUT2D eigenvalue weighted by Gasteiger charge is -2.38. The molecule has 0 saturated carbocycles. The van der Waals surface area contributed by atoms with Gasteiger partial charge in [0, 0.05) is 36.1 Å². The number of aryl methyl sites for hydroxylation is 1. The van der Waals surface area contributed by atoms with Crippen LogP contribution in [0.4, 0.5) is 18.3 Å². The van der Waals surface area contributed by atoms with Crippen LogP contribution in [0.2, 0.25) is 0 Å². The largest absolute Gasteiger partial charge is 0.488 e. The molecule has 0 bridgehead atoms. The van der Waals surface area contributed by atoms with Gasteiger partial charge in [0.1, 0.15) is 18.4 Å². The Balaban J connectivity index is 1.30. The van der Waals surface area contributed by atoms with Crippen molar-refractivity contribution < 1.29 is 32.6 Å². The molecule has 1 N–H and O–H groups in total. The van der Waals surface area contributed by atoms with Gasteiger partial charge in [-0.15, -0.1) is 11.3 Å². The molecule has 0 aliphatic carbocycles.